The summed E-state index contributed by atoms with van der Waals surface area (Å²) in [5.74, 6) is -1.47. The maximum absolute atomic E-state index is 12.2. The molecule has 154 valence electrons. The fourth-order valence-electron chi connectivity index (χ4n) is 2.40. The van der Waals surface area contributed by atoms with Crippen LogP contribution < -0.4 is 4.74 Å². The average Bonchev–Trinajstić information content (AvgIpc) is 2.69. The second kappa shape index (κ2) is 9.77. The van der Waals surface area contributed by atoms with Crippen LogP contribution in [0.4, 0.5) is 13.2 Å². The Kier molecular flexibility index (Phi) is 7.41. The van der Waals surface area contributed by atoms with Crippen molar-refractivity contribution >= 4 is 18.0 Å². The molecule has 0 N–H and O–H groups in total. The monoisotopic (exact) mass is 407 g/mol. The number of nitrogens with zero attached hydrogens (tertiary/aromatic N) is 1. The van der Waals surface area contributed by atoms with Gasteiger partial charge in [0.05, 0.1) is 6.04 Å². The van der Waals surface area contributed by atoms with E-state index in [0.29, 0.717) is 5.56 Å². The highest BCUT2D eigenvalue weighted by Crippen LogP contribution is 2.23. The van der Waals surface area contributed by atoms with E-state index in [9.17, 15) is 22.8 Å². The summed E-state index contributed by atoms with van der Waals surface area (Å²) in [6.45, 7) is 1.44. The van der Waals surface area contributed by atoms with Gasteiger partial charge in [0.15, 0.2) is 6.61 Å². The summed E-state index contributed by atoms with van der Waals surface area (Å²) in [7, 11) is 1.62. The Bertz CT molecular complexity index is 848. The predicted octanol–water partition coefficient (Wildman–Crippen LogP) is 4.36. The first-order valence-corrected chi connectivity index (χ1v) is 8.67. The van der Waals surface area contributed by atoms with Crippen molar-refractivity contribution in [1.82, 2.24) is 4.90 Å². The van der Waals surface area contributed by atoms with Crippen LogP contribution in [0.2, 0.25) is 0 Å². The summed E-state index contributed by atoms with van der Waals surface area (Å²) in [4.78, 5) is 25.5. The second-order valence-electron chi connectivity index (χ2n) is 6.15. The van der Waals surface area contributed by atoms with Gasteiger partial charge in [0, 0.05) is 13.1 Å². The van der Waals surface area contributed by atoms with Gasteiger partial charge in [0.1, 0.15) is 5.75 Å². The molecule has 0 aliphatic rings. The standard InChI is InChI=1S/C21H20F3NO4/c1-15(17-6-4-3-5-7-17)25(2)19(26)14-28-20(27)13-10-16-8-11-18(12-9-16)29-21(22,23)24/h3-13,15H,14H2,1-2H3/b13-10+/t15-/m0/s1. The zero-order valence-corrected chi connectivity index (χ0v) is 15.8. The van der Waals surface area contributed by atoms with E-state index in [-0.39, 0.29) is 17.7 Å². The number of halogens is 3. The van der Waals surface area contributed by atoms with Crippen molar-refractivity contribution in [2.75, 3.05) is 13.7 Å². The maximum Gasteiger partial charge on any atom is 0.573 e. The summed E-state index contributed by atoms with van der Waals surface area (Å²) in [6.07, 6.45) is -2.31. The number of benzene rings is 2. The summed E-state index contributed by atoms with van der Waals surface area (Å²) >= 11 is 0. The molecule has 5 nitrogen and oxygen atoms in total. The predicted molar refractivity (Wildman–Crippen MR) is 101 cm³/mol. The molecule has 8 heteroatoms. The second-order valence-corrected chi connectivity index (χ2v) is 6.15. The van der Waals surface area contributed by atoms with Gasteiger partial charge in [-0.15, -0.1) is 13.2 Å². The summed E-state index contributed by atoms with van der Waals surface area (Å²) in [5, 5.41) is 0. The van der Waals surface area contributed by atoms with Crippen LogP contribution >= 0.6 is 0 Å². The molecule has 0 saturated carbocycles. The lowest BCUT2D eigenvalue weighted by atomic mass is 10.1. The van der Waals surface area contributed by atoms with E-state index in [1.54, 1.807) is 7.05 Å². The molecule has 0 aromatic heterocycles. The largest absolute Gasteiger partial charge is 0.573 e. The third kappa shape index (κ3) is 7.33. The molecule has 0 spiro atoms. The van der Waals surface area contributed by atoms with E-state index in [1.165, 1.54) is 23.1 Å². The van der Waals surface area contributed by atoms with Crippen LogP contribution in [-0.2, 0) is 14.3 Å². The third-order valence-electron chi connectivity index (χ3n) is 4.12. The number of amides is 1. The van der Waals surface area contributed by atoms with Crippen molar-refractivity contribution in [2.45, 2.75) is 19.3 Å². The first-order valence-electron chi connectivity index (χ1n) is 8.67. The number of carbonyl (C=O) groups is 2. The molecule has 0 saturated heterocycles. The van der Waals surface area contributed by atoms with Gasteiger partial charge < -0.3 is 14.4 Å². The van der Waals surface area contributed by atoms with Crippen LogP contribution in [0, 0.1) is 0 Å². The number of esters is 1. The van der Waals surface area contributed by atoms with Crippen LogP contribution in [0.1, 0.15) is 24.1 Å². The molecule has 0 aliphatic heterocycles. The molecule has 0 unspecified atom stereocenters. The lowest BCUT2D eigenvalue weighted by molar-refractivity contribution is -0.274. The molecule has 29 heavy (non-hydrogen) atoms. The molecule has 0 fully saturated rings. The van der Waals surface area contributed by atoms with Gasteiger partial charge in [0.2, 0.25) is 0 Å². The normalized spacial score (nSPS) is 12.4. The Balaban J connectivity index is 1.83. The van der Waals surface area contributed by atoms with Crippen LogP contribution in [0.5, 0.6) is 5.75 Å². The lowest BCUT2D eigenvalue weighted by Crippen LogP contribution is -2.33. The Morgan fingerprint density at radius 2 is 1.69 bits per heavy atom. The van der Waals surface area contributed by atoms with Crippen molar-refractivity contribution in [3.8, 4) is 5.75 Å². The van der Waals surface area contributed by atoms with Gasteiger partial charge in [-0.1, -0.05) is 42.5 Å². The van der Waals surface area contributed by atoms with E-state index < -0.39 is 18.9 Å². The lowest BCUT2D eigenvalue weighted by Gasteiger charge is -2.25. The molecular formula is C21H20F3NO4. The SMILES string of the molecule is C[C@@H](c1ccccc1)N(C)C(=O)COC(=O)/C=C/c1ccc(OC(F)(F)F)cc1. The highest BCUT2D eigenvalue weighted by molar-refractivity contribution is 5.89. The Hall–Kier alpha value is -3.29. The topological polar surface area (TPSA) is 55.8 Å². The first kappa shape index (κ1) is 22.0. The van der Waals surface area contributed by atoms with Gasteiger partial charge in [0.25, 0.3) is 5.91 Å². The quantitative estimate of drug-likeness (QED) is 0.506. The smallest absolute Gasteiger partial charge is 0.452 e. The number of rotatable bonds is 7. The summed E-state index contributed by atoms with van der Waals surface area (Å²) < 4.78 is 45.1. The van der Waals surface area contributed by atoms with Crippen molar-refractivity contribution in [2.24, 2.45) is 0 Å². The average molecular weight is 407 g/mol. The Morgan fingerprint density at radius 3 is 2.28 bits per heavy atom. The molecule has 2 aromatic carbocycles. The molecular weight excluding hydrogens is 387 g/mol. The zero-order valence-electron chi connectivity index (χ0n) is 15.8. The molecule has 2 rings (SSSR count). The Labute approximate surface area is 166 Å². The van der Waals surface area contributed by atoms with E-state index in [4.69, 9.17) is 4.74 Å². The molecule has 1 atom stereocenters. The minimum absolute atomic E-state index is 0.185. The van der Waals surface area contributed by atoms with Crippen molar-refractivity contribution in [3.63, 3.8) is 0 Å². The number of hydrogen-bond acceptors (Lipinski definition) is 4. The third-order valence-corrected chi connectivity index (χ3v) is 4.12. The number of alkyl halides is 3. The van der Waals surface area contributed by atoms with Crippen molar-refractivity contribution in [1.29, 1.82) is 0 Å². The fraction of sp³-hybridized carbons (Fsp3) is 0.238. The van der Waals surface area contributed by atoms with Gasteiger partial charge >= 0.3 is 12.3 Å². The molecule has 0 bridgehead atoms. The highest BCUT2D eigenvalue weighted by Gasteiger charge is 2.30. The van der Waals surface area contributed by atoms with E-state index in [1.807, 2.05) is 37.3 Å². The van der Waals surface area contributed by atoms with Crippen LogP contribution in [-0.4, -0.2) is 36.8 Å². The fourth-order valence-corrected chi connectivity index (χ4v) is 2.40. The molecule has 0 aliphatic carbocycles. The minimum atomic E-state index is -4.77. The number of hydrogen-bond donors (Lipinski definition) is 0. The molecule has 0 radical (unpaired) electrons. The van der Waals surface area contributed by atoms with Gasteiger partial charge in [-0.2, -0.15) is 0 Å². The molecule has 0 heterocycles. The van der Waals surface area contributed by atoms with E-state index >= 15 is 0 Å². The van der Waals surface area contributed by atoms with Gasteiger partial charge in [-0.3, -0.25) is 4.79 Å². The zero-order chi connectivity index (χ0) is 21.4. The number of ether oxygens (including phenoxy) is 2. The molecule has 2 aromatic rings. The van der Waals surface area contributed by atoms with E-state index in [2.05, 4.69) is 4.74 Å². The van der Waals surface area contributed by atoms with Crippen molar-refractivity contribution < 1.29 is 32.2 Å². The van der Waals surface area contributed by atoms with Gasteiger partial charge in [-0.05, 0) is 36.3 Å². The summed E-state index contributed by atoms with van der Waals surface area (Å²) in [6, 6.07) is 14.2. The van der Waals surface area contributed by atoms with Crippen molar-refractivity contribution in [3.05, 3.63) is 71.8 Å². The van der Waals surface area contributed by atoms with Crippen LogP contribution in [0.15, 0.2) is 60.7 Å². The first-order chi connectivity index (χ1) is 13.7. The minimum Gasteiger partial charge on any atom is -0.452 e. The maximum atomic E-state index is 12.2. The molecule has 1 amide bonds. The van der Waals surface area contributed by atoms with Crippen LogP contribution in [0.25, 0.3) is 6.08 Å². The van der Waals surface area contributed by atoms with Gasteiger partial charge in [-0.25, -0.2) is 4.79 Å². The van der Waals surface area contributed by atoms with Crippen LogP contribution in [0.3, 0.4) is 0 Å². The number of carbonyl (C=O) groups excluding carboxylic acids is 2. The number of likely N-dealkylation sites (N-methyl/N-ethyl adjacent to an activating group) is 1. The highest BCUT2D eigenvalue weighted by atomic mass is 19.4. The Morgan fingerprint density at radius 1 is 1.07 bits per heavy atom. The summed E-state index contributed by atoms with van der Waals surface area (Å²) in [5.41, 5.74) is 1.42. The van der Waals surface area contributed by atoms with E-state index in [0.717, 1.165) is 23.8 Å².